The quantitative estimate of drug-likeness (QED) is 0.645. The van der Waals surface area contributed by atoms with Gasteiger partial charge in [-0.3, -0.25) is 10.1 Å². The monoisotopic (exact) mass is 299 g/mol. The standard InChI is InChI=1S/C11H10FN3O4S/c12-9-1-2-11(10(5-9)15(16)17)20(18,19)14-7-8-3-4-13-6-8/h1-6,13-14H,7H2. The van der Waals surface area contributed by atoms with Crippen LogP contribution in [0.5, 0.6) is 0 Å². The molecule has 7 nitrogen and oxygen atoms in total. The number of H-pyrrole nitrogens is 1. The van der Waals surface area contributed by atoms with Crippen LogP contribution in [0.4, 0.5) is 10.1 Å². The highest BCUT2D eigenvalue weighted by molar-refractivity contribution is 7.89. The van der Waals surface area contributed by atoms with E-state index in [0.29, 0.717) is 11.6 Å². The number of hydrogen-bond donors (Lipinski definition) is 2. The van der Waals surface area contributed by atoms with Crippen molar-refractivity contribution in [1.29, 1.82) is 0 Å². The van der Waals surface area contributed by atoms with Crippen LogP contribution in [0.3, 0.4) is 0 Å². The lowest BCUT2D eigenvalue weighted by molar-refractivity contribution is -0.388. The number of aromatic nitrogens is 1. The average Bonchev–Trinajstić information content (AvgIpc) is 2.89. The second-order valence-corrected chi connectivity index (χ2v) is 5.65. The summed E-state index contributed by atoms with van der Waals surface area (Å²) in [4.78, 5) is 12.0. The molecular weight excluding hydrogens is 289 g/mol. The lowest BCUT2D eigenvalue weighted by Crippen LogP contribution is -2.24. The Morgan fingerprint density at radius 2 is 2.10 bits per heavy atom. The van der Waals surface area contributed by atoms with E-state index < -0.39 is 31.3 Å². The van der Waals surface area contributed by atoms with Gasteiger partial charge in [-0.1, -0.05) is 0 Å². The van der Waals surface area contributed by atoms with Crippen LogP contribution in [0.2, 0.25) is 0 Å². The normalized spacial score (nSPS) is 11.4. The fraction of sp³-hybridized carbons (Fsp3) is 0.0909. The van der Waals surface area contributed by atoms with Gasteiger partial charge in [0, 0.05) is 18.9 Å². The Labute approximate surface area is 113 Å². The molecule has 1 heterocycles. The number of nitrogens with zero attached hydrogens (tertiary/aromatic N) is 1. The van der Waals surface area contributed by atoms with Crippen LogP contribution in [0.15, 0.2) is 41.6 Å². The van der Waals surface area contributed by atoms with Gasteiger partial charge in [-0.05, 0) is 23.8 Å². The van der Waals surface area contributed by atoms with Gasteiger partial charge in [0.1, 0.15) is 5.82 Å². The number of halogens is 1. The Bertz CT molecular complexity index is 728. The fourth-order valence-electron chi connectivity index (χ4n) is 1.58. The molecule has 20 heavy (non-hydrogen) atoms. The molecule has 0 saturated heterocycles. The van der Waals surface area contributed by atoms with E-state index in [0.717, 1.165) is 12.1 Å². The van der Waals surface area contributed by atoms with Crippen molar-refractivity contribution in [3.05, 3.63) is 58.2 Å². The number of sulfonamides is 1. The van der Waals surface area contributed by atoms with E-state index in [2.05, 4.69) is 9.71 Å². The highest BCUT2D eigenvalue weighted by atomic mass is 32.2. The zero-order valence-electron chi connectivity index (χ0n) is 10.0. The first-order chi connectivity index (χ1) is 9.40. The maximum Gasteiger partial charge on any atom is 0.292 e. The molecule has 1 aromatic heterocycles. The topological polar surface area (TPSA) is 105 Å². The summed E-state index contributed by atoms with van der Waals surface area (Å²) in [7, 11) is -4.10. The molecule has 0 aliphatic rings. The van der Waals surface area contributed by atoms with Gasteiger partial charge < -0.3 is 4.98 Å². The maximum atomic E-state index is 13.0. The zero-order chi connectivity index (χ0) is 14.8. The van der Waals surface area contributed by atoms with Crippen molar-refractivity contribution < 1.29 is 17.7 Å². The van der Waals surface area contributed by atoms with Crippen LogP contribution in [0.1, 0.15) is 5.56 Å². The van der Waals surface area contributed by atoms with E-state index in [4.69, 9.17) is 0 Å². The number of aromatic amines is 1. The third-order valence-corrected chi connectivity index (χ3v) is 3.98. The Morgan fingerprint density at radius 3 is 2.70 bits per heavy atom. The molecule has 0 unspecified atom stereocenters. The Morgan fingerprint density at radius 1 is 1.35 bits per heavy atom. The maximum absolute atomic E-state index is 13.0. The number of benzene rings is 1. The van der Waals surface area contributed by atoms with Crippen LogP contribution in [0, 0.1) is 15.9 Å². The third-order valence-electron chi connectivity index (χ3n) is 2.54. The van der Waals surface area contributed by atoms with Crippen LogP contribution < -0.4 is 4.72 Å². The molecule has 9 heteroatoms. The van der Waals surface area contributed by atoms with E-state index in [1.54, 1.807) is 18.5 Å². The first kappa shape index (κ1) is 14.2. The molecule has 0 aliphatic heterocycles. The van der Waals surface area contributed by atoms with Gasteiger partial charge in [0.15, 0.2) is 4.90 Å². The molecule has 0 bridgehead atoms. The van der Waals surface area contributed by atoms with E-state index >= 15 is 0 Å². The van der Waals surface area contributed by atoms with E-state index in [9.17, 15) is 22.9 Å². The van der Waals surface area contributed by atoms with E-state index in [-0.39, 0.29) is 6.54 Å². The van der Waals surface area contributed by atoms with Gasteiger partial charge in [-0.2, -0.15) is 0 Å². The van der Waals surface area contributed by atoms with Gasteiger partial charge in [0.2, 0.25) is 10.0 Å². The van der Waals surface area contributed by atoms with Crippen molar-refractivity contribution in [2.24, 2.45) is 0 Å². The Balaban J connectivity index is 2.31. The van der Waals surface area contributed by atoms with Crippen molar-refractivity contribution in [2.45, 2.75) is 11.4 Å². The predicted molar refractivity (Wildman–Crippen MR) is 67.9 cm³/mol. The molecule has 2 aromatic rings. The van der Waals surface area contributed by atoms with Crippen LogP contribution in [-0.4, -0.2) is 18.3 Å². The SMILES string of the molecule is O=[N+]([O-])c1cc(F)ccc1S(=O)(=O)NCc1cc[nH]c1. The number of nitro benzene ring substituents is 1. The minimum Gasteiger partial charge on any atom is -0.367 e. The zero-order valence-corrected chi connectivity index (χ0v) is 10.9. The third kappa shape index (κ3) is 3.00. The van der Waals surface area contributed by atoms with Gasteiger partial charge in [0.25, 0.3) is 5.69 Å². The summed E-state index contributed by atoms with van der Waals surface area (Å²) >= 11 is 0. The van der Waals surface area contributed by atoms with Crippen LogP contribution in [0.25, 0.3) is 0 Å². The van der Waals surface area contributed by atoms with E-state index in [1.807, 2.05) is 0 Å². The summed E-state index contributed by atoms with van der Waals surface area (Å²) in [6.07, 6.45) is 3.20. The smallest absolute Gasteiger partial charge is 0.292 e. The molecule has 0 saturated carbocycles. The molecule has 0 aliphatic carbocycles. The minimum absolute atomic E-state index is 0.0274. The van der Waals surface area contributed by atoms with Crippen molar-refractivity contribution >= 4 is 15.7 Å². The number of rotatable bonds is 5. The molecule has 106 valence electrons. The molecule has 0 spiro atoms. The Hall–Kier alpha value is -2.26. The Kier molecular flexibility index (Phi) is 3.81. The highest BCUT2D eigenvalue weighted by Crippen LogP contribution is 2.24. The fourth-order valence-corrected chi connectivity index (χ4v) is 2.75. The highest BCUT2D eigenvalue weighted by Gasteiger charge is 2.26. The molecule has 0 atom stereocenters. The summed E-state index contributed by atoms with van der Waals surface area (Å²) in [5.41, 5.74) is -0.134. The largest absolute Gasteiger partial charge is 0.367 e. The molecule has 2 N–H and O–H groups in total. The van der Waals surface area contributed by atoms with Crippen molar-refractivity contribution in [2.75, 3.05) is 0 Å². The second-order valence-electron chi connectivity index (χ2n) is 3.91. The molecule has 0 radical (unpaired) electrons. The summed E-state index contributed by atoms with van der Waals surface area (Å²) in [6.45, 7) is -0.0274. The summed E-state index contributed by atoms with van der Waals surface area (Å²) in [5, 5.41) is 10.8. The van der Waals surface area contributed by atoms with Gasteiger partial charge in [-0.25, -0.2) is 17.5 Å². The number of hydrogen-bond acceptors (Lipinski definition) is 4. The molecular formula is C11H10FN3O4S. The van der Waals surface area contributed by atoms with E-state index in [1.165, 1.54) is 0 Å². The summed E-state index contributed by atoms with van der Waals surface area (Å²) < 4.78 is 39.2. The molecule has 1 aromatic carbocycles. The number of nitrogens with one attached hydrogen (secondary N) is 2. The lowest BCUT2D eigenvalue weighted by Gasteiger charge is -2.06. The van der Waals surface area contributed by atoms with Gasteiger partial charge in [0.05, 0.1) is 11.0 Å². The second kappa shape index (κ2) is 5.39. The van der Waals surface area contributed by atoms with Crippen LogP contribution >= 0.6 is 0 Å². The van der Waals surface area contributed by atoms with Crippen molar-refractivity contribution in [1.82, 2.24) is 9.71 Å². The van der Waals surface area contributed by atoms with Gasteiger partial charge >= 0.3 is 0 Å². The summed E-state index contributed by atoms with van der Waals surface area (Å²) in [5.74, 6) is -0.874. The van der Waals surface area contributed by atoms with Crippen molar-refractivity contribution in [3.8, 4) is 0 Å². The molecule has 0 amide bonds. The number of nitro groups is 1. The van der Waals surface area contributed by atoms with Crippen molar-refractivity contribution in [3.63, 3.8) is 0 Å². The average molecular weight is 299 g/mol. The predicted octanol–water partition coefficient (Wildman–Crippen LogP) is 1.54. The first-order valence-electron chi connectivity index (χ1n) is 5.45. The van der Waals surface area contributed by atoms with Crippen LogP contribution in [-0.2, 0) is 16.6 Å². The minimum atomic E-state index is -4.10. The first-order valence-corrected chi connectivity index (χ1v) is 6.94. The summed E-state index contributed by atoms with van der Waals surface area (Å²) in [6, 6.07) is 3.96. The molecule has 0 fully saturated rings. The molecule has 2 rings (SSSR count). The van der Waals surface area contributed by atoms with Gasteiger partial charge in [-0.15, -0.1) is 0 Å². The lowest BCUT2D eigenvalue weighted by atomic mass is 10.3.